The first-order chi connectivity index (χ1) is 13.4. The fraction of sp³-hybridized carbons (Fsp3) is 0.0952. The van der Waals surface area contributed by atoms with Crippen molar-refractivity contribution in [2.75, 3.05) is 0 Å². The Hall–Kier alpha value is -3.87. The molecule has 0 bridgehead atoms. The van der Waals surface area contributed by atoms with Crippen LogP contribution in [0.5, 0.6) is 5.75 Å². The fourth-order valence-corrected chi connectivity index (χ4v) is 3.02. The number of carboxylic acids is 1. The lowest BCUT2D eigenvalue weighted by atomic mass is 10.1. The third-order valence-electron chi connectivity index (χ3n) is 4.36. The molecule has 1 aromatic heterocycles. The van der Waals surface area contributed by atoms with Gasteiger partial charge < -0.3 is 14.8 Å². The van der Waals surface area contributed by atoms with Gasteiger partial charge in [-0.15, -0.1) is 0 Å². The molecule has 0 atom stereocenters. The van der Waals surface area contributed by atoms with Crippen molar-refractivity contribution in [3.8, 4) is 11.4 Å². The highest BCUT2D eigenvalue weighted by atomic mass is 16.4. The fourth-order valence-electron chi connectivity index (χ4n) is 3.02. The molecule has 3 N–H and O–H groups in total. The first-order valence-electron chi connectivity index (χ1n) is 8.53. The smallest absolute Gasteiger partial charge is 0.337 e. The summed E-state index contributed by atoms with van der Waals surface area (Å²) in [7, 11) is 0. The number of carbonyl (C=O) groups excluding carboxylic acids is 1. The van der Waals surface area contributed by atoms with Crippen molar-refractivity contribution in [1.29, 1.82) is 0 Å². The largest absolute Gasteiger partial charge is 0.507 e. The van der Waals surface area contributed by atoms with E-state index < -0.39 is 11.9 Å². The zero-order chi connectivity index (χ0) is 20.3. The lowest BCUT2D eigenvalue weighted by Crippen LogP contribution is -2.17. The number of aromatic hydroxyl groups is 1. The molecule has 7 heteroatoms. The standard InChI is InChI=1S/C21H19N3O4/c1-13-11-15(12-22-23-20(26)17-8-4-6-10-19(17)25)14(2)24(13)18-9-5-3-7-16(18)21(27)28/h3-12,25H,1-2H3,(H,23,26)(H,27,28)/b22-12+. The number of aromatic carboxylic acids is 1. The van der Waals surface area contributed by atoms with E-state index in [2.05, 4.69) is 10.5 Å². The van der Waals surface area contributed by atoms with Gasteiger partial charge in [0.15, 0.2) is 0 Å². The minimum Gasteiger partial charge on any atom is -0.507 e. The number of carbonyl (C=O) groups is 2. The molecule has 0 radical (unpaired) electrons. The first-order valence-corrected chi connectivity index (χ1v) is 8.53. The Kier molecular flexibility index (Phi) is 5.26. The van der Waals surface area contributed by atoms with E-state index in [4.69, 9.17) is 0 Å². The second-order valence-corrected chi connectivity index (χ2v) is 6.20. The number of phenolic OH excluding ortho intramolecular Hbond substituents is 1. The molecule has 0 aliphatic carbocycles. The summed E-state index contributed by atoms with van der Waals surface area (Å²) in [6, 6.07) is 14.8. The summed E-state index contributed by atoms with van der Waals surface area (Å²) >= 11 is 0. The van der Waals surface area contributed by atoms with E-state index in [1.165, 1.54) is 18.3 Å². The average Bonchev–Trinajstić information content (AvgIpc) is 2.95. The Labute approximate surface area is 161 Å². The number of hydrazone groups is 1. The number of rotatable bonds is 5. The summed E-state index contributed by atoms with van der Waals surface area (Å²) in [5.74, 6) is -1.66. The van der Waals surface area contributed by atoms with Gasteiger partial charge >= 0.3 is 5.97 Å². The number of nitrogens with one attached hydrogen (secondary N) is 1. The minimum absolute atomic E-state index is 0.125. The summed E-state index contributed by atoms with van der Waals surface area (Å²) in [5, 5.41) is 23.1. The van der Waals surface area contributed by atoms with Gasteiger partial charge in [-0.1, -0.05) is 24.3 Å². The Morgan fingerprint density at radius 3 is 2.36 bits per heavy atom. The molecule has 0 aliphatic rings. The molecule has 0 saturated carbocycles. The molecule has 2 aromatic carbocycles. The van der Waals surface area contributed by atoms with Crippen molar-refractivity contribution in [3.63, 3.8) is 0 Å². The molecule has 3 aromatic rings. The van der Waals surface area contributed by atoms with Gasteiger partial charge in [0.2, 0.25) is 0 Å². The Bertz CT molecular complexity index is 1080. The van der Waals surface area contributed by atoms with Crippen LogP contribution in [0.1, 0.15) is 37.7 Å². The number of carboxylic acid groups (broad SMARTS) is 1. The molecule has 0 unspecified atom stereocenters. The highest BCUT2D eigenvalue weighted by Gasteiger charge is 2.16. The Morgan fingerprint density at radius 2 is 1.68 bits per heavy atom. The Morgan fingerprint density at radius 1 is 1.04 bits per heavy atom. The van der Waals surface area contributed by atoms with Crippen LogP contribution >= 0.6 is 0 Å². The van der Waals surface area contributed by atoms with Gasteiger partial charge in [0, 0.05) is 17.0 Å². The quantitative estimate of drug-likeness (QED) is 0.469. The van der Waals surface area contributed by atoms with Crippen molar-refractivity contribution in [1.82, 2.24) is 9.99 Å². The Balaban J connectivity index is 1.87. The van der Waals surface area contributed by atoms with Crippen LogP contribution in [0.15, 0.2) is 59.7 Å². The summed E-state index contributed by atoms with van der Waals surface area (Å²) in [4.78, 5) is 23.6. The summed E-state index contributed by atoms with van der Waals surface area (Å²) in [5.41, 5.74) is 5.61. The van der Waals surface area contributed by atoms with Gasteiger partial charge in [0.1, 0.15) is 5.75 Å². The van der Waals surface area contributed by atoms with Crippen molar-refractivity contribution >= 4 is 18.1 Å². The molecule has 3 rings (SSSR count). The third kappa shape index (κ3) is 3.64. The van der Waals surface area contributed by atoms with Crippen LogP contribution < -0.4 is 5.43 Å². The second kappa shape index (κ2) is 7.79. The lowest BCUT2D eigenvalue weighted by molar-refractivity contribution is 0.0696. The number of para-hydroxylation sites is 2. The molecule has 0 fully saturated rings. The number of aryl methyl sites for hydroxylation is 1. The zero-order valence-corrected chi connectivity index (χ0v) is 15.4. The normalized spacial score (nSPS) is 10.9. The average molecular weight is 377 g/mol. The van der Waals surface area contributed by atoms with Gasteiger partial charge in [0.25, 0.3) is 5.91 Å². The third-order valence-corrected chi connectivity index (χ3v) is 4.36. The van der Waals surface area contributed by atoms with Crippen LogP contribution in [-0.4, -0.2) is 32.9 Å². The monoisotopic (exact) mass is 377 g/mol. The van der Waals surface area contributed by atoms with E-state index in [0.717, 1.165) is 17.0 Å². The summed E-state index contributed by atoms with van der Waals surface area (Å²) < 4.78 is 1.83. The molecule has 7 nitrogen and oxygen atoms in total. The predicted octanol–water partition coefficient (Wildman–Crippen LogP) is 3.26. The van der Waals surface area contributed by atoms with Crippen LogP contribution in [0.3, 0.4) is 0 Å². The van der Waals surface area contributed by atoms with Crippen LogP contribution in [0.4, 0.5) is 0 Å². The minimum atomic E-state index is -1.01. The van der Waals surface area contributed by atoms with Crippen molar-refractivity contribution in [3.05, 3.63) is 82.7 Å². The number of phenols is 1. The van der Waals surface area contributed by atoms with E-state index in [0.29, 0.717) is 5.69 Å². The molecule has 142 valence electrons. The van der Waals surface area contributed by atoms with Gasteiger partial charge in [-0.3, -0.25) is 4.79 Å². The van der Waals surface area contributed by atoms with Gasteiger partial charge in [-0.25, -0.2) is 10.2 Å². The number of nitrogens with zero attached hydrogens (tertiary/aromatic N) is 2. The van der Waals surface area contributed by atoms with Crippen molar-refractivity contribution < 1.29 is 19.8 Å². The van der Waals surface area contributed by atoms with E-state index in [1.54, 1.807) is 36.4 Å². The molecule has 0 saturated heterocycles. The van der Waals surface area contributed by atoms with E-state index >= 15 is 0 Å². The molecule has 1 heterocycles. The van der Waals surface area contributed by atoms with E-state index in [9.17, 15) is 19.8 Å². The summed E-state index contributed by atoms with van der Waals surface area (Å²) in [6.45, 7) is 3.71. The zero-order valence-electron chi connectivity index (χ0n) is 15.4. The molecule has 0 aliphatic heterocycles. The lowest BCUT2D eigenvalue weighted by Gasteiger charge is -2.12. The summed E-state index contributed by atoms with van der Waals surface area (Å²) in [6.07, 6.45) is 1.49. The molecule has 0 spiro atoms. The predicted molar refractivity (Wildman–Crippen MR) is 105 cm³/mol. The highest BCUT2D eigenvalue weighted by molar-refractivity contribution is 5.97. The SMILES string of the molecule is Cc1cc(/C=N/NC(=O)c2ccccc2O)c(C)n1-c1ccccc1C(=O)O. The van der Waals surface area contributed by atoms with Crippen LogP contribution in [-0.2, 0) is 0 Å². The van der Waals surface area contributed by atoms with Crippen molar-refractivity contribution in [2.24, 2.45) is 5.10 Å². The van der Waals surface area contributed by atoms with E-state index in [-0.39, 0.29) is 16.9 Å². The number of amides is 1. The maximum atomic E-state index is 12.1. The first kappa shape index (κ1) is 18.9. The van der Waals surface area contributed by atoms with Crippen molar-refractivity contribution in [2.45, 2.75) is 13.8 Å². The topological polar surface area (TPSA) is 104 Å². The molecular formula is C21H19N3O4. The van der Waals surface area contributed by atoms with Gasteiger partial charge in [0.05, 0.1) is 23.0 Å². The van der Waals surface area contributed by atoms with Crippen LogP contribution in [0.2, 0.25) is 0 Å². The van der Waals surface area contributed by atoms with E-state index in [1.807, 2.05) is 24.5 Å². The van der Waals surface area contributed by atoms with Gasteiger partial charge in [-0.2, -0.15) is 5.10 Å². The number of aromatic nitrogens is 1. The maximum absolute atomic E-state index is 12.1. The molecule has 1 amide bonds. The number of hydrogen-bond donors (Lipinski definition) is 3. The second-order valence-electron chi connectivity index (χ2n) is 6.20. The van der Waals surface area contributed by atoms with Crippen LogP contribution in [0, 0.1) is 13.8 Å². The molecular weight excluding hydrogens is 358 g/mol. The number of benzene rings is 2. The molecule has 28 heavy (non-hydrogen) atoms. The maximum Gasteiger partial charge on any atom is 0.337 e. The number of hydrogen-bond acceptors (Lipinski definition) is 4. The highest BCUT2D eigenvalue weighted by Crippen LogP contribution is 2.23. The van der Waals surface area contributed by atoms with Gasteiger partial charge in [-0.05, 0) is 44.2 Å². The van der Waals surface area contributed by atoms with Crippen LogP contribution in [0.25, 0.3) is 5.69 Å².